The highest BCUT2D eigenvalue weighted by molar-refractivity contribution is 9.10. The van der Waals surface area contributed by atoms with Gasteiger partial charge in [-0.2, -0.15) is 0 Å². The summed E-state index contributed by atoms with van der Waals surface area (Å²) in [6.07, 6.45) is 1.93. The van der Waals surface area contributed by atoms with Crippen molar-refractivity contribution >= 4 is 21.6 Å². The van der Waals surface area contributed by atoms with E-state index in [1.165, 1.54) is 16.8 Å². The van der Waals surface area contributed by atoms with Gasteiger partial charge in [-0.15, -0.1) is 0 Å². The number of hydrogen-bond acceptors (Lipinski definition) is 4. The van der Waals surface area contributed by atoms with Crippen LogP contribution in [0.2, 0.25) is 0 Å². The highest BCUT2D eigenvalue weighted by atomic mass is 79.9. The zero-order chi connectivity index (χ0) is 17.1. The average molecular weight is 392 g/mol. The molecule has 0 N–H and O–H groups in total. The van der Waals surface area contributed by atoms with Gasteiger partial charge in [0, 0.05) is 18.8 Å². The number of rotatable bonds is 4. The van der Waals surface area contributed by atoms with Gasteiger partial charge in [-0.05, 0) is 70.2 Å². The van der Waals surface area contributed by atoms with Gasteiger partial charge < -0.3 is 19.1 Å². The summed E-state index contributed by atoms with van der Waals surface area (Å²) < 4.78 is 17.2. The van der Waals surface area contributed by atoms with Crippen molar-refractivity contribution in [2.45, 2.75) is 12.8 Å². The maximum atomic E-state index is 5.51. The summed E-state index contributed by atoms with van der Waals surface area (Å²) >= 11 is 3.71. The summed E-state index contributed by atoms with van der Waals surface area (Å²) in [7, 11) is 5.04. The zero-order valence-corrected chi connectivity index (χ0v) is 15.9. The van der Waals surface area contributed by atoms with Crippen molar-refractivity contribution in [1.29, 1.82) is 0 Å². The second-order valence-electron chi connectivity index (χ2n) is 5.75. The van der Waals surface area contributed by atoms with Crippen molar-refractivity contribution in [3.8, 4) is 17.2 Å². The lowest BCUT2D eigenvalue weighted by atomic mass is 10.0. The first-order valence-electron chi connectivity index (χ1n) is 7.99. The number of methoxy groups -OCH3 is 3. The Balaban J connectivity index is 1.87. The topological polar surface area (TPSA) is 30.9 Å². The van der Waals surface area contributed by atoms with Crippen molar-refractivity contribution in [1.82, 2.24) is 0 Å². The molecule has 0 radical (unpaired) electrons. The van der Waals surface area contributed by atoms with Crippen molar-refractivity contribution in [3.63, 3.8) is 0 Å². The Hall–Kier alpha value is -1.88. The third-order valence-electron chi connectivity index (χ3n) is 4.53. The average Bonchev–Trinajstić information content (AvgIpc) is 2.84. The minimum Gasteiger partial charge on any atom is -0.497 e. The fraction of sp³-hybridized carbons (Fsp3) is 0.368. The number of fused-ring (bicyclic) bond motifs is 1. The van der Waals surface area contributed by atoms with Gasteiger partial charge in [0.25, 0.3) is 0 Å². The second kappa shape index (κ2) is 7.34. The number of benzene rings is 2. The molecule has 0 unspecified atom stereocenters. The molecule has 4 nitrogen and oxygen atoms in total. The SMILES string of the molecule is COc1ccc(N2CCc3cc(OC)c(OC)c(Br)c3CC2)cc1. The van der Waals surface area contributed by atoms with E-state index in [0.29, 0.717) is 0 Å². The summed E-state index contributed by atoms with van der Waals surface area (Å²) in [5.74, 6) is 2.43. The summed E-state index contributed by atoms with van der Waals surface area (Å²) in [6.45, 7) is 1.94. The Labute approximate surface area is 151 Å². The van der Waals surface area contributed by atoms with Gasteiger partial charge in [0.15, 0.2) is 11.5 Å². The highest BCUT2D eigenvalue weighted by Gasteiger charge is 2.21. The predicted octanol–water partition coefficient (Wildman–Crippen LogP) is 4.08. The van der Waals surface area contributed by atoms with E-state index < -0.39 is 0 Å². The summed E-state index contributed by atoms with van der Waals surface area (Å²) in [5, 5.41) is 0. The van der Waals surface area contributed by atoms with E-state index in [-0.39, 0.29) is 0 Å². The van der Waals surface area contributed by atoms with Crippen molar-refractivity contribution < 1.29 is 14.2 Å². The lowest BCUT2D eigenvalue weighted by Gasteiger charge is -2.22. The minimum absolute atomic E-state index is 0.772. The summed E-state index contributed by atoms with van der Waals surface area (Å²) in [5.41, 5.74) is 3.85. The highest BCUT2D eigenvalue weighted by Crippen LogP contribution is 2.41. The molecule has 0 saturated carbocycles. The molecule has 0 saturated heterocycles. The first-order chi connectivity index (χ1) is 11.7. The van der Waals surface area contributed by atoms with Crippen LogP contribution in [0, 0.1) is 0 Å². The fourth-order valence-corrected chi connectivity index (χ4v) is 4.01. The molecule has 24 heavy (non-hydrogen) atoms. The number of halogens is 1. The van der Waals surface area contributed by atoms with E-state index in [1.54, 1.807) is 21.3 Å². The molecule has 2 aromatic carbocycles. The van der Waals surface area contributed by atoms with E-state index >= 15 is 0 Å². The smallest absolute Gasteiger partial charge is 0.175 e. The molecule has 2 aromatic rings. The van der Waals surface area contributed by atoms with E-state index in [4.69, 9.17) is 14.2 Å². The predicted molar refractivity (Wildman–Crippen MR) is 99.9 cm³/mol. The van der Waals surface area contributed by atoms with Crippen LogP contribution in [0.3, 0.4) is 0 Å². The van der Waals surface area contributed by atoms with Crippen LogP contribution in [0.15, 0.2) is 34.8 Å². The lowest BCUT2D eigenvalue weighted by Crippen LogP contribution is -2.25. The molecule has 1 aliphatic heterocycles. The molecule has 0 atom stereocenters. The van der Waals surface area contributed by atoms with Crippen molar-refractivity contribution in [2.24, 2.45) is 0 Å². The van der Waals surface area contributed by atoms with Crippen LogP contribution in [0.25, 0.3) is 0 Å². The lowest BCUT2D eigenvalue weighted by molar-refractivity contribution is 0.352. The number of nitrogens with zero attached hydrogens (tertiary/aromatic N) is 1. The van der Waals surface area contributed by atoms with Crippen molar-refractivity contribution in [3.05, 3.63) is 45.9 Å². The molecule has 1 heterocycles. The molecule has 5 heteroatoms. The number of ether oxygens (including phenoxy) is 3. The Bertz CT molecular complexity index is 716. The number of anilines is 1. The molecule has 0 aromatic heterocycles. The fourth-order valence-electron chi connectivity index (χ4n) is 3.20. The summed E-state index contributed by atoms with van der Waals surface area (Å²) in [4.78, 5) is 2.41. The van der Waals surface area contributed by atoms with Gasteiger partial charge in [0.05, 0.1) is 25.8 Å². The van der Waals surface area contributed by atoms with Crippen LogP contribution in [0.5, 0.6) is 17.2 Å². The third-order valence-corrected chi connectivity index (χ3v) is 5.36. The number of hydrogen-bond donors (Lipinski definition) is 0. The Morgan fingerprint density at radius 2 is 1.62 bits per heavy atom. The molecular weight excluding hydrogens is 370 g/mol. The first-order valence-corrected chi connectivity index (χ1v) is 8.78. The largest absolute Gasteiger partial charge is 0.497 e. The normalized spacial score (nSPS) is 13.9. The molecule has 3 rings (SSSR count). The van der Waals surface area contributed by atoms with Crippen LogP contribution >= 0.6 is 15.9 Å². The van der Waals surface area contributed by atoms with E-state index in [9.17, 15) is 0 Å². The van der Waals surface area contributed by atoms with Crippen LogP contribution in [0.1, 0.15) is 11.1 Å². The molecule has 1 aliphatic rings. The van der Waals surface area contributed by atoms with Crippen LogP contribution in [-0.4, -0.2) is 34.4 Å². The van der Waals surface area contributed by atoms with Crippen LogP contribution in [0.4, 0.5) is 5.69 Å². The molecule has 128 valence electrons. The van der Waals surface area contributed by atoms with Crippen molar-refractivity contribution in [2.75, 3.05) is 39.3 Å². The van der Waals surface area contributed by atoms with Gasteiger partial charge in [0.1, 0.15) is 5.75 Å². The van der Waals surface area contributed by atoms with E-state index in [0.717, 1.165) is 47.7 Å². The standard InChI is InChI=1S/C19H22BrNO3/c1-22-15-6-4-14(5-7-15)21-10-8-13-12-17(23-2)19(24-3)18(20)16(13)9-11-21/h4-7,12H,8-11H2,1-3H3. The van der Waals surface area contributed by atoms with Gasteiger partial charge in [0.2, 0.25) is 0 Å². The van der Waals surface area contributed by atoms with E-state index in [1.807, 2.05) is 12.1 Å². The quantitative estimate of drug-likeness (QED) is 0.785. The molecule has 0 aliphatic carbocycles. The molecule has 0 fully saturated rings. The Morgan fingerprint density at radius 1 is 0.917 bits per heavy atom. The Morgan fingerprint density at radius 3 is 2.25 bits per heavy atom. The van der Waals surface area contributed by atoms with E-state index in [2.05, 4.69) is 39.0 Å². The molecule has 0 bridgehead atoms. The Kier molecular flexibility index (Phi) is 5.19. The second-order valence-corrected chi connectivity index (χ2v) is 6.54. The van der Waals surface area contributed by atoms with Gasteiger partial charge in [-0.25, -0.2) is 0 Å². The van der Waals surface area contributed by atoms with Gasteiger partial charge in [-0.1, -0.05) is 0 Å². The van der Waals surface area contributed by atoms with Gasteiger partial charge >= 0.3 is 0 Å². The van der Waals surface area contributed by atoms with Crippen LogP contribution in [-0.2, 0) is 12.8 Å². The monoisotopic (exact) mass is 391 g/mol. The maximum Gasteiger partial charge on any atom is 0.175 e. The minimum atomic E-state index is 0.772. The summed E-state index contributed by atoms with van der Waals surface area (Å²) in [6, 6.07) is 10.4. The van der Waals surface area contributed by atoms with Crippen LogP contribution < -0.4 is 19.1 Å². The third kappa shape index (κ3) is 3.18. The van der Waals surface area contributed by atoms with Gasteiger partial charge in [-0.3, -0.25) is 0 Å². The zero-order valence-electron chi connectivity index (χ0n) is 14.3. The molecular formula is C19H22BrNO3. The maximum absolute atomic E-state index is 5.51. The first kappa shape index (κ1) is 17.0. The molecule has 0 amide bonds. The molecule has 0 spiro atoms.